The Bertz CT molecular complexity index is 941. The van der Waals surface area contributed by atoms with Crippen LogP contribution >= 0.6 is 0 Å². The zero-order chi connectivity index (χ0) is 25.1. The maximum Gasteiger partial charge on any atom is 0.337 e. The molecule has 0 saturated carbocycles. The molecule has 34 heavy (non-hydrogen) atoms. The number of rotatable bonds is 6. The van der Waals surface area contributed by atoms with Crippen molar-refractivity contribution >= 4 is 5.97 Å². The fraction of sp³-hybridized carbons (Fsp3) is 0.552. The van der Waals surface area contributed by atoms with E-state index in [1.807, 2.05) is 24.3 Å². The number of piperazine rings is 1. The zero-order valence-corrected chi connectivity index (χ0v) is 22.1. The van der Waals surface area contributed by atoms with E-state index in [0.717, 1.165) is 56.8 Å². The Kier molecular flexibility index (Phi) is 8.10. The van der Waals surface area contributed by atoms with E-state index in [9.17, 15) is 9.90 Å². The summed E-state index contributed by atoms with van der Waals surface area (Å²) >= 11 is 0. The van der Waals surface area contributed by atoms with Crippen LogP contribution in [0.4, 0.5) is 0 Å². The number of esters is 1. The smallest absolute Gasteiger partial charge is 0.337 e. The van der Waals surface area contributed by atoms with Crippen LogP contribution in [0.1, 0.15) is 74.2 Å². The molecule has 1 fully saturated rings. The normalized spacial score (nSPS) is 16.0. The van der Waals surface area contributed by atoms with E-state index in [0.29, 0.717) is 11.3 Å². The number of aromatic hydroxyl groups is 1. The third kappa shape index (κ3) is 6.61. The van der Waals surface area contributed by atoms with Gasteiger partial charge in [-0.2, -0.15) is 0 Å². The largest absolute Gasteiger partial charge is 0.507 e. The Morgan fingerprint density at radius 2 is 1.35 bits per heavy atom. The molecular formula is C29H42N2O3. The molecule has 0 atom stereocenters. The van der Waals surface area contributed by atoms with E-state index >= 15 is 0 Å². The standard InChI is InChI=1S/C29H42N2O3/c1-28(2,3)24-18-22(19-25(26(24)32)29(4,5)6)12-13-30-14-16-31(17-15-30)20-21-8-10-23(11-9-21)27(33)34-7/h8-11,18-19,32H,12-17,20H2,1-7H3. The van der Waals surface area contributed by atoms with Gasteiger partial charge in [-0.15, -0.1) is 0 Å². The van der Waals surface area contributed by atoms with Crippen LogP contribution in [0, 0.1) is 0 Å². The monoisotopic (exact) mass is 466 g/mol. The van der Waals surface area contributed by atoms with Crippen LogP contribution in [0.5, 0.6) is 5.75 Å². The highest BCUT2D eigenvalue weighted by atomic mass is 16.5. The number of ether oxygens (including phenoxy) is 1. The average molecular weight is 467 g/mol. The second-order valence-electron chi connectivity index (χ2n) is 11.6. The molecule has 1 saturated heterocycles. The molecule has 2 aromatic carbocycles. The molecule has 0 unspecified atom stereocenters. The van der Waals surface area contributed by atoms with Crippen molar-refractivity contribution in [2.45, 2.75) is 65.3 Å². The summed E-state index contributed by atoms with van der Waals surface area (Å²) < 4.78 is 4.78. The molecule has 1 aliphatic heterocycles. The van der Waals surface area contributed by atoms with Gasteiger partial charge in [0.2, 0.25) is 0 Å². The van der Waals surface area contributed by atoms with Gasteiger partial charge in [-0.3, -0.25) is 4.90 Å². The van der Waals surface area contributed by atoms with Crippen LogP contribution in [0.15, 0.2) is 36.4 Å². The van der Waals surface area contributed by atoms with Crippen molar-refractivity contribution in [1.29, 1.82) is 0 Å². The fourth-order valence-electron chi connectivity index (χ4n) is 4.56. The summed E-state index contributed by atoms with van der Waals surface area (Å²) in [6.07, 6.45) is 0.988. The van der Waals surface area contributed by atoms with Gasteiger partial charge in [-0.05, 0) is 51.6 Å². The first-order chi connectivity index (χ1) is 15.9. The van der Waals surface area contributed by atoms with E-state index in [-0.39, 0.29) is 16.8 Å². The number of carbonyl (C=O) groups excluding carboxylic acids is 1. The van der Waals surface area contributed by atoms with Gasteiger partial charge in [0.05, 0.1) is 12.7 Å². The third-order valence-corrected chi connectivity index (χ3v) is 6.75. The predicted octanol–water partition coefficient (Wildman–Crippen LogP) is 5.13. The molecule has 0 radical (unpaired) electrons. The summed E-state index contributed by atoms with van der Waals surface area (Å²) in [6, 6.07) is 12.1. The highest BCUT2D eigenvalue weighted by Crippen LogP contribution is 2.39. The van der Waals surface area contributed by atoms with Gasteiger partial charge in [-0.1, -0.05) is 65.8 Å². The molecule has 1 aliphatic rings. The van der Waals surface area contributed by atoms with Crippen molar-refractivity contribution in [3.63, 3.8) is 0 Å². The lowest BCUT2D eigenvalue weighted by Crippen LogP contribution is -2.46. The number of phenols is 1. The lowest BCUT2D eigenvalue weighted by Gasteiger charge is -2.35. The molecule has 1 N–H and O–H groups in total. The molecule has 0 amide bonds. The van der Waals surface area contributed by atoms with Crippen molar-refractivity contribution in [2.24, 2.45) is 0 Å². The lowest BCUT2D eigenvalue weighted by molar-refractivity contribution is 0.0600. The number of nitrogens with zero attached hydrogens (tertiary/aromatic N) is 2. The first-order valence-corrected chi connectivity index (χ1v) is 12.4. The van der Waals surface area contributed by atoms with Crippen LogP contribution in [-0.2, 0) is 28.5 Å². The molecule has 5 heteroatoms. The molecule has 5 nitrogen and oxygen atoms in total. The molecule has 2 aromatic rings. The third-order valence-electron chi connectivity index (χ3n) is 6.75. The molecule has 3 rings (SSSR count). The summed E-state index contributed by atoms with van der Waals surface area (Å²) in [7, 11) is 1.41. The Hall–Kier alpha value is -2.37. The minimum atomic E-state index is -0.293. The van der Waals surface area contributed by atoms with Crippen molar-refractivity contribution in [2.75, 3.05) is 39.8 Å². The van der Waals surface area contributed by atoms with Crippen molar-refractivity contribution < 1.29 is 14.6 Å². The summed E-state index contributed by atoms with van der Waals surface area (Å²) in [4.78, 5) is 16.6. The number of hydrogen-bond donors (Lipinski definition) is 1. The Labute approximate surface area is 205 Å². The summed E-state index contributed by atoms with van der Waals surface area (Å²) in [5.74, 6) is 0.162. The van der Waals surface area contributed by atoms with Gasteiger partial charge in [0.15, 0.2) is 0 Å². The average Bonchev–Trinajstić information content (AvgIpc) is 2.77. The zero-order valence-electron chi connectivity index (χ0n) is 22.1. The first-order valence-electron chi connectivity index (χ1n) is 12.4. The Morgan fingerprint density at radius 3 is 1.82 bits per heavy atom. The SMILES string of the molecule is COC(=O)c1ccc(CN2CCN(CCc3cc(C(C)(C)C)c(O)c(C(C)(C)C)c3)CC2)cc1. The minimum absolute atomic E-state index is 0.0965. The highest BCUT2D eigenvalue weighted by molar-refractivity contribution is 5.89. The van der Waals surface area contributed by atoms with Gasteiger partial charge in [0.25, 0.3) is 0 Å². The van der Waals surface area contributed by atoms with Gasteiger partial charge < -0.3 is 14.7 Å². The summed E-state index contributed by atoms with van der Waals surface area (Å²) in [6.45, 7) is 19.1. The van der Waals surface area contributed by atoms with Crippen molar-refractivity contribution in [3.8, 4) is 5.75 Å². The molecule has 0 aromatic heterocycles. The number of methoxy groups -OCH3 is 1. The van der Waals surface area contributed by atoms with Crippen molar-refractivity contribution in [3.05, 3.63) is 64.2 Å². The summed E-state index contributed by atoms with van der Waals surface area (Å²) in [5, 5.41) is 11.0. The lowest BCUT2D eigenvalue weighted by atomic mass is 9.78. The van der Waals surface area contributed by atoms with E-state index in [4.69, 9.17) is 4.74 Å². The second kappa shape index (κ2) is 10.5. The first kappa shape index (κ1) is 26.2. The number of carbonyl (C=O) groups is 1. The van der Waals surface area contributed by atoms with Gasteiger partial charge in [0.1, 0.15) is 5.75 Å². The van der Waals surface area contributed by atoms with Crippen LogP contribution in [0.3, 0.4) is 0 Å². The van der Waals surface area contributed by atoms with Crippen LogP contribution in [-0.4, -0.2) is 60.7 Å². The van der Waals surface area contributed by atoms with E-state index in [2.05, 4.69) is 63.5 Å². The van der Waals surface area contributed by atoms with Crippen LogP contribution in [0.25, 0.3) is 0 Å². The van der Waals surface area contributed by atoms with E-state index in [1.165, 1.54) is 18.2 Å². The second-order valence-corrected chi connectivity index (χ2v) is 11.6. The van der Waals surface area contributed by atoms with Gasteiger partial charge in [-0.25, -0.2) is 4.79 Å². The van der Waals surface area contributed by atoms with Crippen LogP contribution in [0.2, 0.25) is 0 Å². The Balaban J connectivity index is 1.57. The predicted molar refractivity (Wildman–Crippen MR) is 139 cm³/mol. The minimum Gasteiger partial charge on any atom is -0.507 e. The number of benzene rings is 2. The van der Waals surface area contributed by atoms with E-state index < -0.39 is 0 Å². The molecule has 1 heterocycles. The Morgan fingerprint density at radius 1 is 0.853 bits per heavy atom. The van der Waals surface area contributed by atoms with Gasteiger partial charge in [0, 0.05) is 39.3 Å². The molecule has 0 bridgehead atoms. The van der Waals surface area contributed by atoms with Crippen LogP contribution < -0.4 is 0 Å². The highest BCUT2D eigenvalue weighted by Gasteiger charge is 2.26. The molecular weight excluding hydrogens is 424 g/mol. The molecule has 186 valence electrons. The maximum atomic E-state index is 11.6. The fourth-order valence-corrected chi connectivity index (χ4v) is 4.56. The van der Waals surface area contributed by atoms with E-state index in [1.54, 1.807) is 0 Å². The number of hydrogen-bond acceptors (Lipinski definition) is 5. The number of phenolic OH excluding ortho intramolecular Hbond substituents is 1. The van der Waals surface area contributed by atoms with Gasteiger partial charge >= 0.3 is 5.97 Å². The maximum absolute atomic E-state index is 11.6. The molecule has 0 aliphatic carbocycles. The topological polar surface area (TPSA) is 53.0 Å². The van der Waals surface area contributed by atoms with Crippen molar-refractivity contribution in [1.82, 2.24) is 9.80 Å². The quantitative estimate of drug-likeness (QED) is 0.598. The summed E-state index contributed by atoms with van der Waals surface area (Å²) in [5.41, 5.74) is 5.00. The molecule has 0 spiro atoms.